The molecule has 1 amide bonds. The molecule has 1 aliphatic rings. The van der Waals surface area contributed by atoms with E-state index in [0.29, 0.717) is 23.1 Å². The summed E-state index contributed by atoms with van der Waals surface area (Å²) in [6, 6.07) is 14.9. The number of pyridine rings is 1. The number of benzene rings is 2. The van der Waals surface area contributed by atoms with Gasteiger partial charge < -0.3 is 9.32 Å². The van der Waals surface area contributed by atoms with Gasteiger partial charge in [0.15, 0.2) is 5.43 Å². The van der Waals surface area contributed by atoms with Gasteiger partial charge in [-0.25, -0.2) is 0 Å². The van der Waals surface area contributed by atoms with Crippen molar-refractivity contribution in [3.05, 3.63) is 110 Å². The molecule has 0 radical (unpaired) electrons. The van der Waals surface area contributed by atoms with Crippen LogP contribution in [0.5, 0.6) is 0 Å². The predicted molar refractivity (Wildman–Crippen MR) is 119 cm³/mol. The van der Waals surface area contributed by atoms with Gasteiger partial charge in [0.1, 0.15) is 5.58 Å². The fraction of sp³-hybridized carbons (Fsp3) is 0.192. The monoisotopic (exact) mass is 410 g/mol. The molecular formula is C26H22N2O3. The van der Waals surface area contributed by atoms with E-state index in [2.05, 4.69) is 4.98 Å². The lowest BCUT2D eigenvalue weighted by Crippen LogP contribution is -2.29. The Balaban J connectivity index is 1.73. The zero-order valence-corrected chi connectivity index (χ0v) is 17.7. The number of aromatic nitrogens is 1. The molecule has 1 atom stereocenters. The smallest absolute Gasteiger partial charge is 0.291 e. The fourth-order valence-corrected chi connectivity index (χ4v) is 4.22. The quantitative estimate of drug-likeness (QED) is 0.484. The van der Waals surface area contributed by atoms with Gasteiger partial charge in [0, 0.05) is 18.9 Å². The average Bonchev–Trinajstić information content (AvgIpc) is 3.04. The minimum Gasteiger partial charge on any atom is -0.450 e. The second-order valence-electron chi connectivity index (χ2n) is 8.21. The van der Waals surface area contributed by atoms with Crippen LogP contribution in [-0.2, 0) is 6.54 Å². The summed E-state index contributed by atoms with van der Waals surface area (Å²) < 4.78 is 6.07. The average molecular weight is 410 g/mol. The lowest BCUT2D eigenvalue weighted by molar-refractivity contribution is 0.0714. The Hall–Kier alpha value is -3.73. The molecule has 5 rings (SSSR count). The topological polar surface area (TPSA) is 63.4 Å². The molecule has 5 nitrogen and oxygen atoms in total. The lowest BCUT2D eigenvalue weighted by atomic mass is 9.98. The summed E-state index contributed by atoms with van der Waals surface area (Å²) in [5.41, 5.74) is 5.72. The van der Waals surface area contributed by atoms with Crippen LogP contribution in [0.1, 0.15) is 50.0 Å². The zero-order valence-electron chi connectivity index (χ0n) is 17.7. The van der Waals surface area contributed by atoms with Gasteiger partial charge in [-0.15, -0.1) is 0 Å². The minimum atomic E-state index is -0.519. The van der Waals surface area contributed by atoms with Crippen LogP contribution in [0.25, 0.3) is 11.0 Å². The third kappa shape index (κ3) is 3.13. The number of rotatable bonds is 3. The molecule has 0 bridgehead atoms. The van der Waals surface area contributed by atoms with Crippen LogP contribution in [0.3, 0.4) is 0 Å². The maximum absolute atomic E-state index is 13.6. The van der Waals surface area contributed by atoms with Crippen molar-refractivity contribution in [2.24, 2.45) is 0 Å². The van der Waals surface area contributed by atoms with E-state index in [9.17, 15) is 9.59 Å². The Bertz CT molecular complexity index is 1370. The Morgan fingerprint density at radius 3 is 2.32 bits per heavy atom. The Kier molecular flexibility index (Phi) is 4.47. The molecule has 0 spiro atoms. The molecule has 4 aromatic rings. The van der Waals surface area contributed by atoms with E-state index in [-0.39, 0.29) is 17.1 Å². The molecule has 5 heteroatoms. The van der Waals surface area contributed by atoms with Gasteiger partial charge in [-0.1, -0.05) is 29.8 Å². The largest absolute Gasteiger partial charge is 0.450 e. The summed E-state index contributed by atoms with van der Waals surface area (Å²) in [7, 11) is 0. The lowest BCUT2D eigenvalue weighted by Gasteiger charge is -2.25. The molecule has 0 fully saturated rings. The predicted octanol–water partition coefficient (Wildman–Crippen LogP) is 4.86. The van der Waals surface area contributed by atoms with E-state index in [1.165, 1.54) is 0 Å². The number of amides is 1. The number of carbonyl (C=O) groups is 1. The zero-order chi connectivity index (χ0) is 21.7. The van der Waals surface area contributed by atoms with Crippen molar-refractivity contribution in [3.8, 4) is 0 Å². The normalized spacial score (nSPS) is 15.5. The molecular weight excluding hydrogens is 388 g/mol. The van der Waals surface area contributed by atoms with Crippen LogP contribution in [0.2, 0.25) is 0 Å². The van der Waals surface area contributed by atoms with Gasteiger partial charge >= 0.3 is 0 Å². The molecule has 31 heavy (non-hydrogen) atoms. The van der Waals surface area contributed by atoms with Crippen molar-refractivity contribution in [2.75, 3.05) is 0 Å². The number of nitrogens with zero attached hydrogens (tertiary/aromatic N) is 2. The Morgan fingerprint density at radius 2 is 1.61 bits per heavy atom. The Morgan fingerprint density at radius 1 is 0.935 bits per heavy atom. The second kappa shape index (κ2) is 7.20. The summed E-state index contributed by atoms with van der Waals surface area (Å²) in [5.74, 6) is -0.135. The molecule has 1 unspecified atom stereocenters. The molecule has 1 aliphatic heterocycles. The van der Waals surface area contributed by atoms with Crippen LogP contribution in [0.15, 0.2) is 70.1 Å². The van der Waals surface area contributed by atoms with Crippen LogP contribution in [-0.4, -0.2) is 15.8 Å². The summed E-state index contributed by atoms with van der Waals surface area (Å²) in [5, 5.41) is 0.505. The van der Waals surface area contributed by atoms with E-state index in [4.69, 9.17) is 4.42 Å². The highest BCUT2D eigenvalue weighted by molar-refractivity contribution is 5.99. The van der Waals surface area contributed by atoms with E-state index < -0.39 is 6.04 Å². The number of aryl methyl sites for hydroxylation is 3. The van der Waals surface area contributed by atoms with Gasteiger partial charge in [-0.05, 0) is 67.3 Å². The van der Waals surface area contributed by atoms with Gasteiger partial charge in [-0.3, -0.25) is 14.6 Å². The first-order valence-corrected chi connectivity index (χ1v) is 10.3. The Labute approximate surface area is 180 Å². The summed E-state index contributed by atoms with van der Waals surface area (Å²) in [6.07, 6.45) is 3.36. The molecule has 3 heterocycles. The van der Waals surface area contributed by atoms with Crippen LogP contribution < -0.4 is 5.43 Å². The van der Waals surface area contributed by atoms with Gasteiger partial charge in [0.25, 0.3) is 5.91 Å². The third-order valence-electron chi connectivity index (χ3n) is 6.08. The minimum absolute atomic E-state index is 0.134. The fourth-order valence-electron chi connectivity index (χ4n) is 4.22. The number of hydrogen-bond acceptors (Lipinski definition) is 4. The highest BCUT2D eigenvalue weighted by Gasteiger charge is 2.42. The van der Waals surface area contributed by atoms with Crippen molar-refractivity contribution in [2.45, 2.75) is 33.4 Å². The van der Waals surface area contributed by atoms with E-state index in [1.807, 2.05) is 69.3 Å². The van der Waals surface area contributed by atoms with E-state index >= 15 is 0 Å². The van der Waals surface area contributed by atoms with Crippen molar-refractivity contribution in [1.29, 1.82) is 0 Å². The summed E-state index contributed by atoms with van der Waals surface area (Å²) in [4.78, 5) is 32.9. The van der Waals surface area contributed by atoms with Crippen molar-refractivity contribution >= 4 is 16.9 Å². The van der Waals surface area contributed by atoms with Gasteiger partial charge in [0.05, 0.1) is 17.0 Å². The molecule has 0 saturated carbocycles. The molecule has 0 saturated heterocycles. The highest BCUT2D eigenvalue weighted by atomic mass is 16.3. The SMILES string of the molecule is Cc1ccc(CN2C(=O)c3oc4cc(C)c(C)cc4c(=O)c3C2c2ccncc2)cc1. The van der Waals surface area contributed by atoms with Crippen molar-refractivity contribution in [3.63, 3.8) is 0 Å². The van der Waals surface area contributed by atoms with Crippen LogP contribution >= 0.6 is 0 Å². The highest BCUT2D eigenvalue weighted by Crippen LogP contribution is 2.39. The van der Waals surface area contributed by atoms with Gasteiger partial charge in [-0.2, -0.15) is 0 Å². The third-order valence-corrected chi connectivity index (χ3v) is 6.08. The molecule has 2 aromatic carbocycles. The van der Waals surface area contributed by atoms with Crippen LogP contribution in [0.4, 0.5) is 0 Å². The first-order valence-electron chi connectivity index (χ1n) is 10.3. The molecule has 0 N–H and O–H groups in total. The first-order chi connectivity index (χ1) is 14.9. The van der Waals surface area contributed by atoms with E-state index in [0.717, 1.165) is 27.8 Å². The molecule has 2 aromatic heterocycles. The molecule has 0 aliphatic carbocycles. The molecule has 154 valence electrons. The summed E-state index contributed by atoms with van der Waals surface area (Å²) >= 11 is 0. The first kappa shape index (κ1) is 19.2. The summed E-state index contributed by atoms with van der Waals surface area (Å²) in [6.45, 7) is 6.34. The maximum Gasteiger partial charge on any atom is 0.291 e. The number of hydrogen-bond donors (Lipinski definition) is 0. The van der Waals surface area contributed by atoms with Crippen molar-refractivity contribution < 1.29 is 9.21 Å². The van der Waals surface area contributed by atoms with Crippen LogP contribution in [0, 0.1) is 20.8 Å². The second-order valence-corrected chi connectivity index (χ2v) is 8.21. The van der Waals surface area contributed by atoms with Gasteiger partial charge in [0.2, 0.25) is 5.76 Å². The number of fused-ring (bicyclic) bond motifs is 2. The maximum atomic E-state index is 13.6. The number of carbonyl (C=O) groups excluding carboxylic acids is 1. The van der Waals surface area contributed by atoms with Crippen molar-refractivity contribution in [1.82, 2.24) is 9.88 Å². The standard InChI is InChI=1S/C26H22N2O3/c1-15-4-6-18(7-5-15)14-28-23(19-8-10-27-11-9-19)22-24(29)20-12-16(2)17(3)13-21(20)31-25(22)26(28)30/h4-13,23H,14H2,1-3H3. The van der Waals surface area contributed by atoms with E-state index in [1.54, 1.807) is 17.3 Å².